The van der Waals surface area contributed by atoms with E-state index in [2.05, 4.69) is 40.3 Å². The fraction of sp³-hybridized carbons (Fsp3) is 0.692. The van der Waals surface area contributed by atoms with Crippen LogP contribution in [0.2, 0.25) is 0 Å². The highest BCUT2D eigenvalue weighted by Crippen LogP contribution is 2.36. The van der Waals surface area contributed by atoms with Gasteiger partial charge in [0.05, 0.1) is 0 Å². The average molecular weight is 180 g/mol. The summed E-state index contributed by atoms with van der Waals surface area (Å²) in [6.45, 7) is 12.9. The monoisotopic (exact) mass is 180 g/mol. The lowest BCUT2D eigenvalue weighted by atomic mass is 9.75. The summed E-state index contributed by atoms with van der Waals surface area (Å²) in [5.74, 6) is 0. The van der Waals surface area contributed by atoms with E-state index in [-0.39, 0.29) is 0 Å². The smallest absolute Gasteiger partial charge is 0.0118 e. The summed E-state index contributed by atoms with van der Waals surface area (Å²) in [5.41, 5.74) is 1.96. The van der Waals surface area contributed by atoms with Crippen molar-refractivity contribution in [1.82, 2.24) is 0 Å². The van der Waals surface area contributed by atoms with Gasteiger partial charge in [0.25, 0.3) is 0 Å². The summed E-state index contributed by atoms with van der Waals surface area (Å²) in [6, 6.07) is 0. The zero-order chi connectivity index (χ0) is 10.3. The second-order valence-corrected chi connectivity index (χ2v) is 3.95. The van der Waals surface area contributed by atoms with Crippen LogP contribution in [0.5, 0.6) is 0 Å². The Kier molecular flexibility index (Phi) is 5.77. The minimum absolute atomic E-state index is 0.393. The number of rotatable bonds is 6. The highest BCUT2D eigenvalue weighted by atomic mass is 14.3. The van der Waals surface area contributed by atoms with Gasteiger partial charge in [-0.15, -0.1) is 0 Å². The first kappa shape index (κ1) is 12.5. The maximum absolute atomic E-state index is 3.79. The molecule has 0 spiro atoms. The molecule has 0 aliphatic heterocycles. The molecule has 0 saturated carbocycles. The van der Waals surface area contributed by atoms with Gasteiger partial charge in [-0.25, -0.2) is 0 Å². The molecular formula is C13H24. The van der Waals surface area contributed by atoms with E-state index in [1.807, 2.05) is 6.08 Å². The quantitative estimate of drug-likeness (QED) is 0.519. The maximum Gasteiger partial charge on any atom is -0.0118 e. The molecule has 0 bridgehead atoms. The van der Waals surface area contributed by atoms with E-state index in [4.69, 9.17) is 0 Å². The number of hydrogen-bond acceptors (Lipinski definition) is 0. The molecule has 0 aliphatic carbocycles. The normalized spacial score (nSPS) is 13.1. The Balaban J connectivity index is 4.68. The van der Waals surface area contributed by atoms with Crippen LogP contribution in [0.1, 0.15) is 53.4 Å². The van der Waals surface area contributed by atoms with Crippen molar-refractivity contribution in [2.45, 2.75) is 53.4 Å². The van der Waals surface area contributed by atoms with Crippen molar-refractivity contribution in [3.63, 3.8) is 0 Å². The zero-order valence-corrected chi connectivity index (χ0v) is 9.69. The Bertz CT molecular complexity index is 170. The first-order valence-corrected chi connectivity index (χ1v) is 5.46. The SMILES string of the molecule is C=CC=C(CCC)C(C)(CC)CC. The lowest BCUT2D eigenvalue weighted by Crippen LogP contribution is -2.17. The fourth-order valence-corrected chi connectivity index (χ4v) is 1.70. The predicted octanol–water partition coefficient (Wildman–Crippen LogP) is 4.73. The van der Waals surface area contributed by atoms with Gasteiger partial charge in [-0.3, -0.25) is 0 Å². The van der Waals surface area contributed by atoms with E-state index in [1.54, 1.807) is 5.57 Å². The van der Waals surface area contributed by atoms with Crippen LogP contribution in [-0.4, -0.2) is 0 Å². The molecule has 0 radical (unpaired) electrons. The molecular weight excluding hydrogens is 156 g/mol. The van der Waals surface area contributed by atoms with Gasteiger partial charge in [0.1, 0.15) is 0 Å². The van der Waals surface area contributed by atoms with Crippen LogP contribution in [-0.2, 0) is 0 Å². The van der Waals surface area contributed by atoms with E-state index >= 15 is 0 Å². The molecule has 0 unspecified atom stereocenters. The van der Waals surface area contributed by atoms with Crippen molar-refractivity contribution >= 4 is 0 Å². The summed E-state index contributed by atoms with van der Waals surface area (Å²) in [4.78, 5) is 0. The Labute approximate surface area is 83.7 Å². The Hall–Kier alpha value is -0.520. The van der Waals surface area contributed by atoms with Crippen LogP contribution < -0.4 is 0 Å². The van der Waals surface area contributed by atoms with E-state index in [0.29, 0.717) is 5.41 Å². The van der Waals surface area contributed by atoms with Crippen molar-refractivity contribution < 1.29 is 0 Å². The van der Waals surface area contributed by atoms with Crippen LogP contribution in [0.4, 0.5) is 0 Å². The fourth-order valence-electron chi connectivity index (χ4n) is 1.70. The molecule has 0 heterocycles. The third-order valence-corrected chi connectivity index (χ3v) is 3.17. The molecule has 0 heteroatoms. The molecule has 0 fully saturated rings. The summed E-state index contributed by atoms with van der Waals surface area (Å²) < 4.78 is 0. The Morgan fingerprint density at radius 3 is 2.08 bits per heavy atom. The van der Waals surface area contributed by atoms with Crippen LogP contribution in [0, 0.1) is 5.41 Å². The lowest BCUT2D eigenvalue weighted by molar-refractivity contribution is 0.355. The van der Waals surface area contributed by atoms with Crippen molar-refractivity contribution in [3.8, 4) is 0 Å². The molecule has 0 aromatic carbocycles. The maximum atomic E-state index is 3.79. The summed E-state index contributed by atoms with van der Waals surface area (Å²) >= 11 is 0. The Morgan fingerprint density at radius 2 is 1.77 bits per heavy atom. The van der Waals surface area contributed by atoms with Crippen molar-refractivity contribution in [1.29, 1.82) is 0 Å². The van der Waals surface area contributed by atoms with Crippen LogP contribution >= 0.6 is 0 Å². The van der Waals surface area contributed by atoms with Gasteiger partial charge in [0.2, 0.25) is 0 Å². The van der Waals surface area contributed by atoms with Gasteiger partial charge in [0, 0.05) is 0 Å². The van der Waals surface area contributed by atoms with Crippen LogP contribution in [0.3, 0.4) is 0 Å². The van der Waals surface area contributed by atoms with Crippen LogP contribution in [0.25, 0.3) is 0 Å². The molecule has 0 aromatic heterocycles. The van der Waals surface area contributed by atoms with E-state index in [1.165, 1.54) is 25.7 Å². The topological polar surface area (TPSA) is 0 Å². The average Bonchev–Trinajstić information content (AvgIpc) is 2.16. The molecule has 0 nitrogen and oxygen atoms in total. The molecule has 0 N–H and O–H groups in total. The molecule has 0 rings (SSSR count). The Morgan fingerprint density at radius 1 is 1.23 bits per heavy atom. The first-order chi connectivity index (χ1) is 6.14. The summed E-state index contributed by atoms with van der Waals surface area (Å²) in [7, 11) is 0. The van der Waals surface area contributed by atoms with Crippen molar-refractivity contribution in [2.24, 2.45) is 5.41 Å². The number of allylic oxidation sites excluding steroid dienone is 3. The molecule has 13 heavy (non-hydrogen) atoms. The van der Waals surface area contributed by atoms with Gasteiger partial charge in [-0.1, -0.05) is 58.4 Å². The van der Waals surface area contributed by atoms with E-state index in [9.17, 15) is 0 Å². The van der Waals surface area contributed by atoms with Crippen molar-refractivity contribution in [3.05, 3.63) is 24.3 Å². The van der Waals surface area contributed by atoms with Gasteiger partial charge < -0.3 is 0 Å². The standard InChI is InChI=1S/C13H24/c1-6-10-12(11-7-2)13(5,8-3)9-4/h6,10H,1,7-9,11H2,2-5H3. The third kappa shape index (κ3) is 3.38. The van der Waals surface area contributed by atoms with Gasteiger partial charge >= 0.3 is 0 Å². The van der Waals surface area contributed by atoms with Gasteiger partial charge in [-0.05, 0) is 24.7 Å². The molecule has 76 valence electrons. The van der Waals surface area contributed by atoms with E-state index < -0.39 is 0 Å². The molecule has 0 atom stereocenters. The zero-order valence-electron chi connectivity index (χ0n) is 9.69. The highest BCUT2D eigenvalue weighted by molar-refractivity contribution is 5.18. The molecule has 0 amide bonds. The first-order valence-electron chi connectivity index (χ1n) is 5.46. The second kappa shape index (κ2) is 6.01. The number of hydrogen-bond donors (Lipinski definition) is 0. The molecule has 0 aliphatic rings. The second-order valence-electron chi connectivity index (χ2n) is 3.95. The predicted molar refractivity (Wildman–Crippen MR) is 61.9 cm³/mol. The minimum Gasteiger partial charge on any atom is -0.0991 e. The van der Waals surface area contributed by atoms with Crippen LogP contribution in [0.15, 0.2) is 24.3 Å². The highest BCUT2D eigenvalue weighted by Gasteiger charge is 2.23. The summed E-state index contributed by atoms with van der Waals surface area (Å²) in [5, 5.41) is 0. The summed E-state index contributed by atoms with van der Waals surface area (Å²) in [6.07, 6.45) is 9.02. The third-order valence-electron chi connectivity index (χ3n) is 3.17. The largest absolute Gasteiger partial charge is 0.0991 e. The van der Waals surface area contributed by atoms with Crippen molar-refractivity contribution in [2.75, 3.05) is 0 Å². The molecule has 0 aromatic rings. The minimum atomic E-state index is 0.393. The van der Waals surface area contributed by atoms with Gasteiger partial charge in [-0.2, -0.15) is 0 Å². The molecule has 0 saturated heterocycles. The lowest BCUT2D eigenvalue weighted by Gasteiger charge is -2.30. The van der Waals surface area contributed by atoms with E-state index in [0.717, 1.165) is 0 Å². The van der Waals surface area contributed by atoms with Gasteiger partial charge in [0.15, 0.2) is 0 Å².